The molecule has 31 heavy (non-hydrogen) atoms. The molecule has 2 aromatic rings. The summed E-state index contributed by atoms with van der Waals surface area (Å²) in [5.74, 6) is -1.91. The average molecular weight is 473 g/mol. The smallest absolute Gasteiger partial charge is 0.731 e. The SMILES string of the molecule is CON=C(C(=O)N[C@@H]1C(=O)N(S(=O)(=O)[O-])[C@@H]1C=Cc1ccccc1)c1csc(N)n1.[Na+]. The Kier molecular flexibility index (Phi) is 8.34. The topological polar surface area (TPSA) is 167 Å². The maximum absolute atomic E-state index is 12.6. The third-order valence-corrected chi connectivity index (χ3v) is 5.65. The third kappa shape index (κ3) is 5.70. The molecule has 1 saturated heterocycles. The van der Waals surface area contributed by atoms with Crippen LogP contribution in [0.25, 0.3) is 6.08 Å². The first-order chi connectivity index (χ1) is 14.2. The van der Waals surface area contributed by atoms with E-state index in [0.717, 1.165) is 11.3 Å². The van der Waals surface area contributed by atoms with Crippen molar-refractivity contribution in [3.05, 3.63) is 53.0 Å². The molecule has 0 saturated carbocycles. The van der Waals surface area contributed by atoms with Gasteiger partial charge in [0.2, 0.25) is 0 Å². The number of nitrogen functional groups attached to an aromatic ring is 1. The summed E-state index contributed by atoms with van der Waals surface area (Å²) in [6, 6.07) is 6.32. The van der Waals surface area contributed by atoms with Gasteiger partial charge in [0.15, 0.2) is 21.1 Å². The standard InChI is InChI=1S/C17H17N5O6S2.Na/c1-28-21-13(11-9-29-17(18)19-11)15(23)20-14-12(22(16(14)24)30(25,26)27)8-7-10-5-3-2-4-6-10;/h2-9,12,14H,1H3,(H2,18,19)(H,20,23)(H,25,26,27);/q;+1/p-1/t12-,14+;/m1./s1. The number of carbonyl (C=O) groups excluding carboxylic acids is 2. The fraction of sp³-hybridized carbons (Fsp3) is 0.176. The van der Waals surface area contributed by atoms with E-state index in [1.165, 1.54) is 18.6 Å². The molecule has 3 rings (SSSR count). The molecule has 14 heteroatoms. The summed E-state index contributed by atoms with van der Waals surface area (Å²) in [5, 5.41) is 7.63. The zero-order chi connectivity index (χ0) is 21.9. The van der Waals surface area contributed by atoms with E-state index in [9.17, 15) is 22.6 Å². The summed E-state index contributed by atoms with van der Waals surface area (Å²) in [6.07, 6.45) is 2.89. The molecule has 0 spiro atoms. The van der Waals surface area contributed by atoms with Crippen LogP contribution in [0, 0.1) is 0 Å². The van der Waals surface area contributed by atoms with Crippen LogP contribution in [0.1, 0.15) is 11.3 Å². The molecular formula is C17H16N5NaO6S2. The second-order valence-electron chi connectivity index (χ2n) is 6.00. The predicted molar refractivity (Wildman–Crippen MR) is 108 cm³/mol. The molecule has 0 aliphatic carbocycles. The van der Waals surface area contributed by atoms with Crippen LogP contribution in [0.3, 0.4) is 0 Å². The van der Waals surface area contributed by atoms with Crippen molar-refractivity contribution in [2.24, 2.45) is 5.16 Å². The molecule has 0 radical (unpaired) electrons. The van der Waals surface area contributed by atoms with E-state index in [4.69, 9.17) is 5.73 Å². The Labute approximate surface area is 204 Å². The fourth-order valence-electron chi connectivity index (χ4n) is 2.75. The maximum Gasteiger partial charge on any atom is 1.00 e. The van der Waals surface area contributed by atoms with Gasteiger partial charge < -0.3 is 20.4 Å². The molecule has 2 heterocycles. The number of amides is 2. The number of hydrogen-bond donors (Lipinski definition) is 2. The van der Waals surface area contributed by atoms with Crippen LogP contribution in [0.15, 0.2) is 46.9 Å². The van der Waals surface area contributed by atoms with Crippen molar-refractivity contribution in [3.63, 3.8) is 0 Å². The van der Waals surface area contributed by atoms with Crippen molar-refractivity contribution < 1.29 is 57.0 Å². The van der Waals surface area contributed by atoms with Crippen molar-refractivity contribution in [2.75, 3.05) is 12.8 Å². The number of oxime groups is 1. The Morgan fingerprint density at radius 2 is 2.06 bits per heavy atom. The zero-order valence-corrected chi connectivity index (χ0v) is 20.1. The van der Waals surface area contributed by atoms with Crippen molar-refractivity contribution in [1.29, 1.82) is 0 Å². The summed E-state index contributed by atoms with van der Waals surface area (Å²) in [7, 11) is -3.85. The Morgan fingerprint density at radius 1 is 1.39 bits per heavy atom. The number of aromatic nitrogens is 1. The van der Waals surface area contributed by atoms with Crippen LogP contribution in [0.5, 0.6) is 0 Å². The molecule has 158 valence electrons. The van der Waals surface area contributed by atoms with Gasteiger partial charge >= 0.3 is 29.6 Å². The predicted octanol–water partition coefficient (Wildman–Crippen LogP) is -3.05. The first-order valence-corrected chi connectivity index (χ1v) is 10.6. The third-order valence-electron chi connectivity index (χ3n) is 4.07. The van der Waals surface area contributed by atoms with E-state index >= 15 is 0 Å². The number of nitrogens with zero attached hydrogens (tertiary/aromatic N) is 3. The number of thiazole rings is 1. The average Bonchev–Trinajstić information content (AvgIpc) is 3.12. The van der Waals surface area contributed by atoms with E-state index in [0.29, 0.717) is 5.56 Å². The normalized spacial score (nSPS) is 19.0. The van der Waals surface area contributed by atoms with Crippen molar-refractivity contribution in [1.82, 2.24) is 14.6 Å². The number of carbonyl (C=O) groups is 2. The van der Waals surface area contributed by atoms with Crippen LogP contribution in [0.2, 0.25) is 0 Å². The van der Waals surface area contributed by atoms with Gasteiger partial charge in [-0.05, 0) is 5.56 Å². The van der Waals surface area contributed by atoms with Gasteiger partial charge in [0.1, 0.15) is 18.8 Å². The van der Waals surface area contributed by atoms with E-state index < -0.39 is 34.2 Å². The maximum atomic E-state index is 12.6. The molecule has 1 aliphatic rings. The number of hydrogen-bond acceptors (Lipinski definition) is 10. The number of anilines is 1. The summed E-state index contributed by atoms with van der Waals surface area (Å²) in [4.78, 5) is 33.5. The molecule has 0 bridgehead atoms. The first-order valence-electron chi connectivity index (χ1n) is 8.38. The Balaban J connectivity index is 0.00000341. The second kappa shape index (κ2) is 10.3. The first kappa shape index (κ1) is 25.0. The fourth-order valence-corrected chi connectivity index (χ4v) is 4.13. The molecule has 1 aromatic heterocycles. The van der Waals surface area contributed by atoms with Gasteiger partial charge in [-0.1, -0.05) is 47.6 Å². The van der Waals surface area contributed by atoms with Crippen LogP contribution < -0.4 is 40.6 Å². The minimum Gasteiger partial charge on any atom is -0.731 e. The second-order valence-corrected chi connectivity index (χ2v) is 8.14. The number of benzene rings is 1. The number of β-lactam (4-membered cyclic amide) rings is 1. The van der Waals surface area contributed by atoms with Gasteiger partial charge in [-0.2, -0.15) is 0 Å². The monoisotopic (exact) mass is 473 g/mol. The quantitative estimate of drug-likeness (QED) is 0.141. The Morgan fingerprint density at radius 3 is 2.61 bits per heavy atom. The molecule has 1 aromatic carbocycles. The Hall–Kier alpha value is -2.29. The van der Waals surface area contributed by atoms with E-state index in [2.05, 4.69) is 20.3 Å². The van der Waals surface area contributed by atoms with Crippen molar-refractivity contribution in [2.45, 2.75) is 12.1 Å². The summed E-state index contributed by atoms with van der Waals surface area (Å²) >= 11 is 1.07. The number of rotatable bonds is 7. The minimum atomic E-state index is -5.07. The minimum absolute atomic E-state index is 0. The van der Waals surface area contributed by atoms with Crippen LogP contribution in [0.4, 0.5) is 5.13 Å². The summed E-state index contributed by atoms with van der Waals surface area (Å²) in [6.45, 7) is 0. The number of nitrogens with two attached hydrogens (primary N) is 1. The molecule has 0 unspecified atom stereocenters. The van der Waals surface area contributed by atoms with E-state index in [1.807, 2.05) is 0 Å². The van der Waals surface area contributed by atoms with Gasteiger partial charge in [0.25, 0.3) is 11.8 Å². The van der Waals surface area contributed by atoms with E-state index in [-0.39, 0.29) is 50.4 Å². The largest absolute Gasteiger partial charge is 1.00 e. The zero-order valence-electron chi connectivity index (χ0n) is 16.5. The van der Waals surface area contributed by atoms with Gasteiger partial charge in [0, 0.05) is 5.38 Å². The van der Waals surface area contributed by atoms with Crippen LogP contribution >= 0.6 is 11.3 Å². The Bertz CT molecular complexity index is 1120. The van der Waals surface area contributed by atoms with Crippen molar-refractivity contribution in [3.8, 4) is 0 Å². The molecule has 2 atom stereocenters. The van der Waals surface area contributed by atoms with Crippen LogP contribution in [-0.4, -0.2) is 59.0 Å². The molecule has 11 nitrogen and oxygen atoms in total. The van der Waals surface area contributed by atoms with Crippen LogP contribution in [-0.2, 0) is 24.7 Å². The van der Waals surface area contributed by atoms with Gasteiger partial charge in [-0.3, -0.25) is 9.59 Å². The van der Waals surface area contributed by atoms with E-state index in [1.54, 1.807) is 36.4 Å². The van der Waals surface area contributed by atoms with Gasteiger partial charge in [-0.15, -0.1) is 11.3 Å². The summed E-state index contributed by atoms with van der Waals surface area (Å²) in [5.41, 5.74) is 6.14. The molecule has 1 aliphatic heterocycles. The van der Waals surface area contributed by atoms with Gasteiger partial charge in [-0.25, -0.2) is 17.7 Å². The number of nitrogens with one attached hydrogen (secondary N) is 1. The van der Waals surface area contributed by atoms with Crippen molar-refractivity contribution >= 4 is 50.4 Å². The molecular weight excluding hydrogens is 457 g/mol. The molecule has 1 fully saturated rings. The summed E-state index contributed by atoms with van der Waals surface area (Å²) < 4.78 is 34.6. The van der Waals surface area contributed by atoms with Gasteiger partial charge in [0.05, 0.1) is 6.04 Å². The molecule has 2 amide bonds. The molecule has 3 N–H and O–H groups in total.